The number of nitrogens with two attached hydrogens (primary N) is 1. The fourth-order valence-corrected chi connectivity index (χ4v) is 2.86. The third-order valence-corrected chi connectivity index (χ3v) is 4.77. The molecule has 0 aliphatic heterocycles. The first kappa shape index (κ1) is 23.6. The minimum absolute atomic E-state index is 0.0666. The summed E-state index contributed by atoms with van der Waals surface area (Å²) in [6.07, 6.45) is 4.31. The summed E-state index contributed by atoms with van der Waals surface area (Å²) in [7, 11) is -4.02. The Morgan fingerprint density at radius 1 is 1.22 bits per heavy atom. The molecule has 1 atom stereocenters. The molecule has 0 radical (unpaired) electrons. The van der Waals surface area contributed by atoms with E-state index in [2.05, 4.69) is 0 Å². The monoisotopic (exact) mass is 401 g/mol. The Hall–Kier alpha value is -1.48. The molecule has 2 rings (SSSR count). The van der Waals surface area contributed by atoms with E-state index >= 15 is 0 Å². The highest BCUT2D eigenvalue weighted by molar-refractivity contribution is 7.85. The van der Waals surface area contributed by atoms with Crippen molar-refractivity contribution in [2.75, 3.05) is 6.61 Å². The molecule has 1 aliphatic rings. The minimum atomic E-state index is -4.02. The van der Waals surface area contributed by atoms with Crippen LogP contribution >= 0.6 is 0 Å². The highest BCUT2D eigenvalue weighted by Crippen LogP contribution is 2.21. The van der Waals surface area contributed by atoms with Gasteiger partial charge in [-0.2, -0.15) is 8.42 Å². The molecule has 3 N–H and O–H groups in total. The van der Waals surface area contributed by atoms with Crippen LogP contribution in [0.3, 0.4) is 0 Å². The maximum atomic E-state index is 11.6. The molecule has 154 valence electrons. The van der Waals surface area contributed by atoms with E-state index < -0.39 is 16.2 Å². The lowest BCUT2D eigenvalue weighted by atomic mass is 10.2. The summed E-state index contributed by atoms with van der Waals surface area (Å²) >= 11 is 0. The highest BCUT2D eigenvalue weighted by atomic mass is 32.2. The zero-order chi connectivity index (χ0) is 20.7. The molecule has 1 saturated carbocycles. The van der Waals surface area contributed by atoms with Crippen molar-refractivity contribution in [2.24, 2.45) is 5.73 Å². The van der Waals surface area contributed by atoms with Gasteiger partial charge in [-0.15, -0.1) is 0 Å². The second-order valence-corrected chi connectivity index (χ2v) is 9.08. The first-order chi connectivity index (χ1) is 12.4. The molecule has 0 amide bonds. The van der Waals surface area contributed by atoms with E-state index in [0.29, 0.717) is 0 Å². The lowest BCUT2D eigenvalue weighted by Gasteiger charge is -2.22. The molecule has 1 aliphatic carbocycles. The molecule has 7 nitrogen and oxygen atoms in total. The van der Waals surface area contributed by atoms with Gasteiger partial charge in [-0.1, -0.05) is 17.7 Å². The van der Waals surface area contributed by atoms with Crippen LogP contribution in [0.4, 0.5) is 0 Å². The fraction of sp³-hybridized carbons (Fsp3) is 0.632. The van der Waals surface area contributed by atoms with Crippen LogP contribution < -0.4 is 5.73 Å². The van der Waals surface area contributed by atoms with Crippen LogP contribution in [0.2, 0.25) is 0 Å². The number of carbonyl (C=O) groups excluding carboxylic acids is 1. The zero-order valence-corrected chi connectivity index (χ0v) is 17.3. The van der Waals surface area contributed by atoms with Crippen molar-refractivity contribution in [3.05, 3.63) is 29.8 Å². The number of ether oxygens (including phenoxy) is 2. The molecule has 0 spiro atoms. The Balaban J connectivity index is 0.000000289. The van der Waals surface area contributed by atoms with Crippen molar-refractivity contribution in [3.8, 4) is 0 Å². The van der Waals surface area contributed by atoms with Crippen molar-refractivity contribution in [1.82, 2.24) is 0 Å². The van der Waals surface area contributed by atoms with Gasteiger partial charge in [0.1, 0.15) is 12.1 Å². The van der Waals surface area contributed by atoms with Gasteiger partial charge in [0.15, 0.2) is 0 Å². The molecule has 0 saturated heterocycles. The highest BCUT2D eigenvalue weighted by Gasteiger charge is 2.24. The van der Waals surface area contributed by atoms with Gasteiger partial charge in [-0.25, -0.2) is 0 Å². The maximum absolute atomic E-state index is 11.6. The molecule has 1 fully saturated rings. The average Bonchev–Trinajstić information content (AvgIpc) is 3.05. The number of aryl methyl sites for hydroxylation is 1. The number of esters is 1. The van der Waals surface area contributed by atoms with E-state index in [-0.39, 0.29) is 29.2 Å². The van der Waals surface area contributed by atoms with E-state index in [1.165, 1.54) is 12.1 Å². The third kappa shape index (κ3) is 9.86. The second-order valence-electron chi connectivity index (χ2n) is 7.66. The van der Waals surface area contributed by atoms with Gasteiger partial charge in [-0.05, 0) is 65.5 Å². The van der Waals surface area contributed by atoms with Crippen LogP contribution in [0.5, 0.6) is 0 Å². The Labute approximate surface area is 162 Å². The van der Waals surface area contributed by atoms with Crippen molar-refractivity contribution >= 4 is 16.1 Å². The standard InChI is InChI=1S/C12H23NO3.C7H8O3S/c1-12(2,3)15-8-10(13)11(14)16-9-6-4-5-7-9;1-6-2-4-7(5-3-6)11(8,9)10/h9-10H,4-8,13H2,1-3H3;2-5H,1H3,(H,8,9,10)/t10-;/m0./s1. The zero-order valence-electron chi connectivity index (χ0n) is 16.5. The van der Waals surface area contributed by atoms with E-state index in [1.54, 1.807) is 12.1 Å². The van der Waals surface area contributed by atoms with Crippen LogP contribution in [-0.2, 0) is 24.4 Å². The molecule has 27 heavy (non-hydrogen) atoms. The number of benzene rings is 1. The topological polar surface area (TPSA) is 116 Å². The van der Waals surface area contributed by atoms with Gasteiger partial charge in [0.2, 0.25) is 0 Å². The molecule has 0 heterocycles. The summed E-state index contributed by atoms with van der Waals surface area (Å²) in [5.74, 6) is -0.337. The summed E-state index contributed by atoms with van der Waals surface area (Å²) in [5, 5.41) is 0. The summed E-state index contributed by atoms with van der Waals surface area (Å²) in [6.45, 7) is 7.86. The lowest BCUT2D eigenvalue weighted by molar-refractivity contribution is -0.153. The van der Waals surface area contributed by atoms with Crippen molar-refractivity contribution in [2.45, 2.75) is 76.0 Å². The Kier molecular flexibility index (Phi) is 8.87. The van der Waals surface area contributed by atoms with Crippen LogP contribution in [0.1, 0.15) is 52.0 Å². The average molecular weight is 402 g/mol. The van der Waals surface area contributed by atoms with E-state index in [1.807, 2.05) is 27.7 Å². The molecular weight excluding hydrogens is 370 g/mol. The molecule has 8 heteroatoms. The fourth-order valence-electron chi connectivity index (χ4n) is 2.38. The molecule has 1 aromatic rings. The predicted molar refractivity (Wildman–Crippen MR) is 103 cm³/mol. The first-order valence-corrected chi connectivity index (χ1v) is 10.5. The minimum Gasteiger partial charge on any atom is -0.461 e. The molecular formula is C19H31NO6S. The number of hydrogen-bond donors (Lipinski definition) is 2. The number of rotatable bonds is 5. The Morgan fingerprint density at radius 2 is 1.74 bits per heavy atom. The van der Waals surface area contributed by atoms with Crippen molar-refractivity contribution in [3.63, 3.8) is 0 Å². The van der Waals surface area contributed by atoms with Crippen molar-refractivity contribution in [1.29, 1.82) is 0 Å². The SMILES string of the molecule is CC(C)(C)OC[C@H](N)C(=O)OC1CCCC1.Cc1ccc(S(=O)(=O)O)cc1. The van der Waals surface area contributed by atoms with Gasteiger partial charge >= 0.3 is 5.97 Å². The Bertz CT molecular complexity index is 688. The van der Waals surface area contributed by atoms with Crippen LogP contribution in [0.15, 0.2) is 29.2 Å². The van der Waals surface area contributed by atoms with Gasteiger partial charge in [0.25, 0.3) is 10.1 Å². The van der Waals surface area contributed by atoms with Crippen LogP contribution in [0.25, 0.3) is 0 Å². The van der Waals surface area contributed by atoms with E-state index in [0.717, 1.165) is 31.2 Å². The lowest BCUT2D eigenvalue weighted by Crippen LogP contribution is -2.40. The number of hydrogen-bond acceptors (Lipinski definition) is 6. The maximum Gasteiger partial charge on any atom is 0.325 e. The third-order valence-electron chi connectivity index (χ3n) is 3.90. The van der Waals surface area contributed by atoms with Gasteiger partial charge in [0.05, 0.1) is 17.1 Å². The van der Waals surface area contributed by atoms with E-state index in [4.69, 9.17) is 19.8 Å². The van der Waals surface area contributed by atoms with Gasteiger partial charge < -0.3 is 15.2 Å². The van der Waals surface area contributed by atoms with Gasteiger partial charge in [-0.3, -0.25) is 9.35 Å². The summed E-state index contributed by atoms with van der Waals surface area (Å²) in [6, 6.07) is 5.32. The summed E-state index contributed by atoms with van der Waals surface area (Å²) in [4.78, 5) is 11.5. The second kappa shape index (κ2) is 10.2. The van der Waals surface area contributed by atoms with Crippen LogP contribution in [-0.4, -0.2) is 43.3 Å². The summed E-state index contributed by atoms with van der Waals surface area (Å²) < 4.78 is 40.3. The Morgan fingerprint density at radius 3 is 2.19 bits per heavy atom. The van der Waals surface area contributed by atoms with E-state index in [9.17, 15) is 13.2 Å². The molecule has 0 unspecified atom stereocenters. The first-order valence-electron chi connectivity index (χ1n) is 9.02. The molecule has 1 aromatic carbocycles. The van der Waals surface area contributed by atoms with Crippen LogP contribution in [0, 0.1) is 6.92 Å². The smallest absolute Gasteiger partial charge is 0.325 e. The van der Waals surface area contributed by atoms with Crippen molar-refractivity contribution < 1.29 is 27.2 Å². The predicted octanol–water partition coefficient (Wildman–Crippen LogP) is 2.86. The quantitative estimate of drug-likeness (QED) is 0.575. The molecule has 0 bridgehead atoms. The summed E-state index contributed by atoms with van der Waals surface area (Å²) in [5.41, 5.74) is 6.39. The number of carbonyl (C=O) groups is 1. The molecule has 0 aromatic heterocycles. The van der Waals surface area contributed by atoms with Gasteiger partial charge in [0, 0.05) is 0 Å². The largest absolute Gasteiger partial charge is 0.461 e. The normalized spacial score (nSPS) is 16.4.